The first-order valence-corrected chi connectivity index (χ1v) is 6.74. The van der Waals surface area contributed by atoms with Gasteiger partial charge in [-0.15, -0.1) is 5.10 Å². The maximum atomic E-state index is 13.4. The molecule has 1 aromatic carbocycles. The van der Waals surface area contributed by atoms with Crippen LogP contribution in [-0.4, -0.2) is 33.4 Å². The van der Waals surface area contributed by atoms with Crippen LogP contribution >= 0.6 is 0 Å². The van der Waals surface area contributed by atoms with E-state index < -0.39 is 11.6 Å². The molecule has 1 fully saturated rings. The quantitative estimate of drug-likeness (QED) is 0.871. The molecule has 1 aliphatic rings. The summed E-state index contributed by atoms with van der Waals surface area (Å²) in [6, 6.07) is 1.96. The van der Waals surface area contributed by atoms with Gasteiger partial charge in [0.25, 0.3) is 0 Å². The predicted molar refractivity (Wildman–Crippen MR) is 71.1 cm³/mol. The first kappa shape index (κ1) is 13.9. The molecular formula is C13H15F2N5O. The van der Waals surface area contributed by atoms with Gasteiger partial charge in [0.15, 0.2) is 17.5 Å². The molecule has 0 amide bonds. The van der Waals surface area contributed by atoms with Crippen LogP contribution in [-0.2, 0) is 11.3 Å². The minimum absolute atomic E-state index is 0.102. The lowest BCUT2D eigenvalue weighted by Crippen LogP contribution is -2.23. The summed E-state index contributed by atoms with van der Waals surface area (Å²) in [4.78, 5) is 0. The van der Waals surface area contributed by atoms with E-state index in [1.165, 1.54) is 0 Å². The number of hydrogen-bond acceptors (Lipinski definition) is 5. The Labute approximate surface area is 119 Å². The summed E-state index contributed by atoms with van der Waals surface area (Å²) in [7, 11) is 0. The van der Waals surface area contributed by atoms with Gasteiger partial charge in [-0.2, -0.15) is 0 Å². The SMILES string of the molecule is Nc1cc(F)c(F)cc1-c1nnnn1CC1CCCOC1. The zero-order valence-electron chi connectivity index (χ0n) is 11.3. The van der Waals surface area contributed by atoms with E-state index in [4.69, 9.17) is 10.5 Å². The zero-order chi connectivity index (χ0) is 14.8. The predicted octanol–water partition coefficient (Wildman–Crippen LogP) is 1.63. The Bertz CT molecular complexity index is 639. The third-order valence-corrected chi connectivity index (χ3v) is 3.55. The average Bonchev–Trinajstić information content (AvgIpc) is 2.92. The van der Waals surface area contributed by atoms with Crippen LogP contribution in [0.2, 0.25) is 0 Å². The smallest absolute Gasteiger partial charge is 0.184 e. The molecule has 6 nitrogen and oxygen atoms in total. The lowest BCUT2D eigenvalue weighted by atomic mass is 10.0. The van der Waals surface area contributed by atoms with E-state index in [9.17, 15) is 8.78 Å². The number of ether oxygens (including phenoxy) is 1. The van der Waals surface area contributed by atoms with Crippen LogP contribution in [0.4, 0.5) is 14.5 Å². The van der Waals surface area contributed by atoms with E-state index in [2.05, 4.69) is 15.5 Å². The largest absolute Gasteiger partial charge is 0.398 e. The number of rotatable bonds is 3. The van der Waals surface area contributed by atoms with E-state index >= 15 is 0 Å². The fourth-order valence-corrected chi connectivity index (χ4v) is 2.47. The molecule has 0 aliphatic carbocycles. The van der Waals surface area contributed by atoms with Gasteiger partial charge in [-0.3, -0.25) is 0 Å². The lowest BCUT2D eigenvalue weighted by Gasteiger charge is -2.22. The highest BCUT2D eigenvalue weighted by atomic mass is 19.2. The second-order valence-corrected chi connectivity index (χ2v) is 5.12. The summed E-state index contributed by atoms with van der Waals surface area (Å²) in [6.45, 7) is 1.97. The van der Waals surface area contributed by atoms with Crippen LogP contribution in [0.5, 0.6) is 0 Å². The van der Waals surface area contributed by atoms with Crippen LogP contribution in [0, 0.1) is 17.6 Å². The molecule has 0 spiro atoms. The molecule has 1 atom stereocenters. The topological polar surface area (TPSA) is 78.9 Å². The second-order valence-electron chi connectivity index (χ2n) is 5.12. The first-order valence-electron chi connectivity index (χ1n) is 6.74. The highest BCUT2D eigenvalue weighted by Crippen LogP contribution is 2.27. The molecule has 21 heavy (non-hydrogen) atoms. The Hall–Kier alpha value is -2.09. The minimum Gasteiger partial charge on any atom is -0.398 e. The molecule has 0 saturated carbocycles. The number of aromatic nitrogens is 4. The Morgan fingerprint density at radius 3 is 2.90 bits per heavy atom. The summed E-state index contributed by atoms with van der Waals surface area (Å²) in [5.74, 6) is -1.34. The molecule has 1 saturated heterocycles. The van der Waals surface area contributed by atoms with Gasteiger partial charge in [0, 0.05) is 29.8 Å². The van der Waals surface area contributed by atoms with Gasteiger partial charge in [-0.05, 0) is 29.3 Å². The molecule has 1 aliphatic heterocycles. The fourth-order valence-electron chi connectivity index (χ4n) is 2.47. The van der Waals surface area contributed by atoms with Crippen molar-refractivity contribution in [1.29, 1.82) is 0 Å². The third kappa shape index (κ3) is 2.85. The van der Waals surface area contributed by atoms with Crippen molar-refractivity contribution in [2.45, 2.75) is 19.4 Å². The van der Waals surface area contributed by atoms with Gasteiger partial charge >= 0.3 is 0 Å². The molecule has 0 bridgehead atoms. The van der Waals surface area contributed by atoms with E-state index in [0.29, 0.717) is 24.9 Å². The van der Waals surface area contributed by atoms with E-state index in [1.54, 1.807) is 4.68 Å². The number of halogens is 2. The van der Waals surface area contributed by atoms with Crippen molar-refractivity contribution in [3.05, 3.63) is 23.8 Å². The van der Waals surface area contributed by atoms with E-state index in [1.807, 2.05) is 0 Å². The molecule has 2 N–H and O–H groups in total. The molecule has 1 unspecified atom stereocenters. The molecule has 8 heteroatoms. The van der Waals surface area contributed by atoms with E-state index in [-0.39, 0.29) is 11.3 Å². The highest BCUT2D eigenvalue weighted by Gasteiger charge is 2.20. The van der Waals surface area contributed by atoms with Crippen molar-refractivity contribution >= 4 is 5.69 Å². The zero-order valence-corrected chi connectivity index (χ0v) is 11.3. The van der Waals surface area contributed by atoms with Crippen LogP contribution < -0.4 is 5.73 Å². The molecule has 3 rings (SSSR count). The number of tetrazole rings is 1. The van der Waals surface area contributed by atoms with Crippen LogP contribution in [0.3, 0.4) is 0 Å². The van der Waals surface area contributed by atoms with Gasteiger partial charge in [0.05, 0.1) is 13.2 Å². The fraction of sp³-hybridized carbons (Fsp3) is 0.462. The van der Waals surface area contributed by atoms with Crippen molar-refractivity contribution in [3.8, 4) is 11.4 Å². The summed E-state index contributed by atoms with van der Waals surface area (Å²) in [5.41, 5.74) is 6.13. The van der Waals surface area contributed by atoms with Crippen molar-refractivity contribution in [1.82, 2.24) is 20.2 Å². The molecule has 0 radical (unpaired) electrons. The lowest BCUT2D eigenvalue weighted by molar-refractivity contribution is 0.0470. The summed E-state index contributed by atoms with van der Waals surface area (Å²) in [6.07, 6.45) is 2.02. The number of benzene rings is 1. The first-order chi connectivity index (χ1) is 10.1. The minimum atomic E-state index is -0.990. The number of anilines is 1. The molecule has 112 valence electrons. The standard InChI is InChI=1S/C13H15F2N5O/c14-10-4-9(12(16)5-11(10)15)13-17-18-19-20(13)6-8-2-1-3-21-7-8/h4-5,8H,1-3,6-7,16H2. The molecule has 1 aromatic heterocycles. The Morgan fingerprint density at radius 2 is 2.14 bits per heavy atom. The summed E-state index contributed by atoms with van der Waals surface area (Å²) >= 11 is 0. The Kier molecular flexibility index (Phi) is 3.78. The Morgan fingerprint density at radius 1 is 1.33 bits per heavy atom. The van der Waals surface area contributed by atoms with Crippen molar-refractivity contribution in [2.75, 3.05) is 18.9 Å². The van der Waals surface area contributed by atoms with Gasteiger partial charge < -0.3 is 10.5 Å². The average molecular weight is 295 g/mol. The maximum Gasteiger partial charge on any atom is 0.184 e. The van der Waals surface area contributed by atoms with Crippen LogP contribution in [0.25, 0.3) is 11.4 Å². The Balaban J connectivity index is 1.89. The van der Waals surface area contributed by atoms with Crippen LogP contribution in [0.1, 0.15) is 12.8 Å². The highest BCUT2D eigenvalue weighted by molar-refractivity contribution is 5.71. The number of nitrogens with zero attached hydrogens (tertiary/aromatic N) is 4. The monoisotopic (exact) mass is 295 g/mol. The van der Waals surface area contributed by atoms with Crippen molar-refractivity contribution in [3.63, 3.8) is 0 Å². The van der Waals surface area contributed by atoms with Gasteiger partial charge in [-0.25, -0.2) is 13.5 Å². The van der Waals surface area contributed by atoms with Crippen molar-refractivity contribution < 1.29 is 13.5 Å². The molecular weight excluding hydrogens is 280 g/mol. The maximum absolute atomic E-state index is 13.4. The van der Waals surface area contributed by atoms with E-state index in [0.717, 1.165) is 31.6 Å². The number of hydrogen-bond donors (Lipinski definition) is 1. The van der Waals surface area contributed by atoms with Gasteiger partial charge in [0.2, 0.25) is 0 Å². The summed E-state index contributed by atoms with van der Waals surface area (Å²) in [5, 5.41) is 11.4. The third-order valence-electron chi connectivity index (χ3n) is 3.55. The molecule has 2 heterocycles. The summed E-state index contributed by atoms with van der Waals surface area (Å²) < 4.78 is 33.5. The number of nitrogens with two attached hydrogens (primary N) is 1. The number of nitrogen functional groups attached to an aromatic ring is 1. The van der Waals surface area contributed by atoms with Crippen LogP contribution in [0.15, 0.2) is 12.1 Å². The second kappa shape index (κ2) is 5.72. The van der Waals surface area contributed by atoms with Gasteiger partial charge in [0.1, 0.15) is 0 Å². The molecule has 2 aromatic rings. The van der Waals surface area contributed by atoms with Gasteiger partial charge in [-0.1, -0.05) is 0 Å². The van der Waals surface area contributed by atoms with Crippen molar-refractivity contribution in [2.24, 2.45) is 5.92 Å². The normalized spacial score (nSPS) is 18.9.